The van der Waals surface area contributed by atoms with Crippen LogP contribution in [-0.4, -0.2) is 41.0 Å². The van der Waals surface area contributed by atoms with E-state index in [1.165, 1.54) is 0 Å². The number of hydrogen-bond donors (Lipinski definition) is 2. The summed E-state index contributed by atoms with van der Waals surface area (Å²) in [5.41, 5.74) is 6.08. The predicted molar refractivity (Wildman–Crippen MR) is 85.6 cm³/mol. The van der Waals surface area contributed by atoms with Gasteiger partial charge in [0.1, 0.15) is 0 Å². The van der Waals surface area contributed by atoms with Crippen LogP contribution < -0.4 is 11.1 Å². The summed E-state index contributed by atoms with van der Waals surface area (Å²) in [6.45, 7) is 3.92. The highest BCUT2D eigenvalue weighted by Gasteiger charge is 2.32. The topological polar surface area (TPSA) is 82.2 Å². The molecule has 22 heavy (non-hydrogen) atoms. The van der Waals surface area contributed by atoms with Gasteiger partial charge in [-0.25, -0.2) is 0 Å². The molecule has 0 unspecified atom stereocenters. The van der Waals surface area contributed by atoms with Gasteiger partial charge in [-0.2, -0.15) is 5.10 Å². The highest BCUT2D eigenvalue weighted by molar-refractivity contribution is 6.30. The lowest BCUT2D eigenvalue weighted by Crippen LogP contribution is -2.46. The molecule has 0 radical (unpaired) electrons. The second-order valence-electron chi connectivity index (χ2n) is 5.80. The quantitative estimate of drug-likeness (QED) is 0.796. The minimum atomic E-state index is -0.0112. The van der Waals surface area contributed by atoms with Gasteiger partial charge in [-0.05, 0) is 25.7 Å². The van der Waals surface area contributed by atoms with Crippen LogP contribution in [0.5, 0.6) is 0 Å². The number of nitrogens with two attached hydrogens (primary N) is 1. The van der Waals surface area contributed by atoms with Gasteiger partial charge in [-0.3, -0.25) is 9.48 Å². The van der Waals surface area contributed by atoms with Crippen molar-refractivity contribution in [3.63, 3.8) is 0 Å². The molecule has 2 rings (SSSR count). The molecule has 7 heteroatoms. The van der Waals surface area contributed by atoms with Crippen molar-refractivity contribution >= 4 is 17.5 Å². The first kappa shape index (κ1) is 17.2. The van der Waals surface area contributed by atoms with E-state index in [4.69, 9.17) is 22.1 Å². The van der Waals surface area contributed by atoms with Crippen LogP contribution in [0.25, 0.3) is 0 Å². The first-order valence-corrected chi connectivity index (χ1v) is 8.30. The molecule has 1 aliphatic carbocycles. The van der Waals surface area contributed by atoms with E-state index in [2.05, 4.69) is 17.3 Å². The van der Waals surface area contributed by atoms with Crippen LogP contribution in [0.2, 0.25) is 5.02 Å². The Balaban J connectivity index is 1.74. The summed E-state index contributed by atoms with van der Waals surface area (Å²) in [6, 6.07) is 0.0433. The van der Waals surface area contributed by atoms with Crippen molar-refractivity contribution < 1.29 is 9.53 Å². The molecule has 1 fully saturated rings. The smallest absolute Gasteiger partial charge is 0.223 e. The van der Waals surface area contributed by atoms with E-state index in [1.807, 2.05) is 0 Å². The van der Waals surface area contributed by atoms with E-state index in [0.717, 1.165) is 19.3 Å². The maximum atomic E-state index is 12.3. The van der Waals surface area contributed by atoms with Gasteiger partial charge >= 0.3 is 0 Å². The third kappa shape index (κ3) is 4.97. The van der Waals surface area contributed by atoms with Gasteiger partial charge in [-0.1, -0.05) is 18.5 Å². The van der Waals surface area contributed by atoms with Gasteiger partial charge in [0.25, 0.3) is 0 Å². The van der Waals surface area contributed by atoms with Crippen molar-refractivity contribution in [2.45, 2.75) is 51.3 Å². The highest BCUT2D eigenvalue weighted by atomic mass is 35.5. The average molecular weight is 329 g/mol. The van der Waals surface area contributed by atoms with E-state index in [0.29, 0.717) is 31.1 Å². The largest absolute Gasteiger partial charge is 0.377 e. The third-order valence-electron chi connectivity index (χ3n) is 3.99. The Labute approximate surface area is 136 Å². The molecule has 0 bridgehead atoms. The van der Waals surface area contributed by atoms with Crippen molar-refractivity contribution in [1.29, 1.82) is 0 Å². The fourth-order valence-electron chi connectivity index (χ4n) is 2.75. The summed E-state index contributed by atoms with van der Waals surface area (Å²) in [7, 11) is 0. The maximum absolute atomic E-state index is 12.3. The van der Waals surface area contributed by atoms with E-state index >= 15 is 0 Å². The Kier molecular flexibility index (Phi) is 6.67. The fourth-order valence-corrected chi connectivity index (χ4v) is 2.91. The highest BCUT2D eigenvalue weighted by Crippen LogP contribution is 2.26. The summed E-state index contributed by atoms with van der Waals surface area (Å²) in [5, 5.41) is 7.64. The number of ether oxygens (including phenoxy) is 1. The average Bonchev–Trinajstić information content (AvgIpc) is 2.92. The summed E-state index contributed by atoms with van der Waals surface area (Å²) in [6.07, 6.45) is 6.65. The lowest BCUT2D eigenvalue weighted by Gasteiger charge is -2.33. The standard InChI is InChI=1S/C15H25ClN4O2/c1-2-7-22-14-8-11(3-4-13(14)17)15(21)18-5-6-20-10-12(16)9-19-20/h9-11,13-14H,2-8,17H2,1H3,(H,18,21)/t11-,13-,14-/m0/s1. The molecular formula is C15H25ClN4O2. The molecule has 0 spiro atoms. The molecule has 1 amide bonds. The molecule has 124 valence electrons. The van der Waals surface area contributed by atoms with Gasteiger partial charge < -0.3 is 15.8 Å². The Morgan fingerprint density at radius 2 is 2.41 bits per heavy atom. The monoisotopic (exact) mass is 328 g/mol. The van der Waals surface area contributed by atoms with Crippen molar-refractivity contribution in [2.75, 3.05) is 13.2 Å². The molecular weight excluding hydrogens is 304 g/mol. The number of amides is 1. The number of carbonyl (C=O) groups is 1. The number of hydrogen-bond acceptors (Lipinski definition) is 4. The van der Waals surface area contributed by atoms with Gasteiger partial charge in [0, 0.05) is 31.3 Å². The van der Waals surface area contributed by atoms with Gasteiger partial charge in [-0.15, -0.1) is 0 Å². The minimum Gasteiger partial charge on any atom is -0.377 e. The summed E-state index contributed by atoms with van der Waals surface area (Å²) >= 11 is 5.80. The maximum Gasteiger partial charge on any atom is 0.223 e. The second kappa shape index (κ2) is 8.50. The molecule has 3 N–H and O–H groups in total. The SMILES string of the molecule is CCCO[C@H]1C[C@@H](C(=O)NCCn2cc(Cl)cn2)CC[C@@H]1N. The normalized spacial score (nSPS) is 25.1. The number of nitrogens with one attached hydrogen (secondary N) is 1. The number of nitrogens with zero attached hydrogens (tertiary/aromatic N) is 2. The van der Waals surface area contributed by atoms with Crippen LogP contribution in [0, 0.1) is 5.92 Å². The molecule has 0 saturated heterocycles. The van der Waals surface area contributed by atoms with Crippen LogP contribution in [0.15, 0.2) is 12.4 Å². The minimum absolute atomic E-state index is 0.00521. The van der Waals surface area contributed by atoms with E-state index in [1.54, 1.807) is 17.1 Å². The Morgan fingerprint density at radius 3 is 3.09 bits per heavy atom. The van der Waals surface area contributed by atoms with Crippen molar-refractivity contribution in [3.8, 4) is 0 Å². The van der Waals surface area contributed by atoms with E-state index in [9.17, 15) is 4.79 Å². The first-order chi connectivity index (χ1) is 10.6. The summed E-state index contributed by atoms with van der Waals surface area (Å²) < 4.78 is 7.48. The molecule has 3 atom stereocenters. The van der Waals surface area contributed by atoms with Crippen LogP contribution in [0.3, 0.4) is 0 Å². The molecule has 0 aromatic carbocycles. The molecule has 1 aliphatic rings. The first-order valence-electron chi connectivity index (χ1n) is 7.93. The molecule has 0 aliphatic heterocycles. The summed E-state index contributed by atoms with van der Waals surface area (Å²) in [5.74, 6) is 0.0677. The number of aromatic nitrogens is 2. The predicted octanol–water partition coefficient (Wildman–Crippen LogP) is 1.58. The Hall–Kier alpha value is -1.11. The van der Waals surface area contributed by atoms with E-state index in [-0.39, 0.29) is 24.0 Å². The van der Waals surface area contributed by atoms with E-state index < -0.39 is 0 Å². The van der Waals surface area contributed by atoms with Crippen molar-refractivity contribution in [2.24, 2.45) is 11.7 Å². The fraction of sp³-hybridized carbons (Fsp3) is 0.733. The zero-order chi connectivity index (χ0) is 15.9. The van der Waals surface area contributed by atoms with Crippen molar-refractivity contribution in [3.05, 3.63) is 17.4 Å². The third-order valence-corrected chi connectivity index (χ3v) is 4.19. The lowest BCUT2D eigenvalue weighted by molar-refractivity contribution is -0.128. The Bertz CT molecular complexity index is 480. The lowest BCUT2D eigenvalue weighted by atomic mass is 9.83. The molecule has 6 nitrogen and oxygen atoms in total. The summed E-state index contributed by atoms with van der Waals surface area (Å²) in [4.78, 5) is 12.3. The van der Waals surface area contributed by atoms with Gasteiger partial charge in [0.05, 0.1) is 23.9 Å². The second-order valence-corrected chi connectivity index (χ2v) is 6.23. The van der Waals surface area contributed by atoms with Gasteiger partial charge in [0.15, 0.2) is 0 Å². The van der Waals surface area contributed by atoms with Crippen LogP contribution >= 0.6 is 11.6 Å². The molecule has 1 aromatic heterocycles. The Morgan fingerprint density at radius 1 is 1.59 bits per heavy atom. The van der Waals surface area contributed by atoms with Gasteiger partial charge in [0.2, 0.25) is 5.91 Å². The van der Waals surface area contributed by atoms with Crippen LogP contribution in [-0.2, 0) is 16.1 Å². The number of rotatable bonds is 7. The van der Waals surface area contributed by atoms with Crippen molar-refractivity contribution in [1.82, 2.24) is 15.1 Å². The molecule has 1 saturated carbocycles. The zero-order valence-corrected chi connectivity index (χ0v) is 13.8. The molecule has 1 heterocycles. The zero-order valence-electron chi connectivity index (χ0n) is 13.0. The van der Waals surface area contributed by atoms with Crippen LogP contribution in [0.1, 0.15) is 32.6 Å². The van der Waals surface area contributed by atoms with Crippen LogP contribution in [0.4, 0.5) is 0 Å². The number of carbonyl (C=O) groups excluding carboxylic acids is 1. The number of halogens is 1. The molecule has 1 aromatic rings.